The molecule has 1 aromatic carbocycles. The van der Waals surface area contributed by atoms with Gasteiger partial charge in [0.1, 0.15) is 6.04 Å². The molecule has 5 nitrogen and oxygen atoms in total. The lowest BCUT2D eigenvalue weighted by Gasteiger charge is -2.33. The lowest BCUT2D eigenvalue weighted by molar-refractivity contribution is -0.144. The Labute approximate surface area is 118 Å². The molecule has 1 atom stereocenters. The molecule has 1 fully saturated rings. The Morgan fingerprint density at radius 1 is 1.53 bits per heavy atom. The largest absolute Gasteiger partial charge is 0.480 e. The first kappa shape index (κ1) is 15.4. The zero-order valence-electron chi connectivity index (χ0n) is 10.4. The van der Waals surface area contributed by atoms with Gasteiger partial charge >= 0.3 is 5.97 Å². The molecular weight excluding hydrogens is 266 g/mol. The third-order valence-corrected chi connectivity index (χ3v) is 3.15. The Morgan fingerprint density at radius 3 is 2.95 bits per heavy atom. The molecule has 0 bridgehead atoms. The Hall–Kier alpha value is -1.61. The molecule has 6 heteroatoms. The molecule has 1 heterocycles. The lowest BCUT2D eigenvalue weighted by Crippen LogP contribution is -2.54. The van der Waals surface area contributed by atoms with Crippen LogP contribution in [0.1, 0.15) is 11.1 Å². The molecule has 0 radical (unpaired) electrons. The van der Waals surface area contributed by atoms with Crippen LogP contribution in [0.5, 0.6) is 0 Å². The Balaban J connectivity index is 0.00000180. The zero-order chi connectivity index (χ0) is 13.0. The molecule has 1 aliphatic rings. The van der Waals surface area contributed by atoms with Gasteiger partial charge < -0.3 is 10.4 Å². The minimum absolute atomic E-state index is 0. The summed E-state index contributed by atoms with van der Waals surface area (Å²) in [6.07, 6.45) is 0. The fourth-order valence-corrected chi connectivity index (χ4v) is 2.17. The molecule has 0 aliphatic carbocycles. The van der Waals surface area contributed by atoms with Crippen LogP contribution < -0.4 is 5.32 Å². The highest BCUT2D eigenvalue weighted by atomic mass is 35.5. The van der Waals surface area contributed by atoms with Crippen LogP contribution in [0.15, 0.2) is 24.3 Å². The summed E-state index contributed by atoms with van der Waals surface area (Å²) in [6.45, 7) is 2.40. The number of piperazine rings is 1. The summed E-state index contributed by atoms with van der Waals surface area (Å²) >= 11 is 0. The third kappa shape index (κ3) is 3.67. The van der Waals surface area contributed by atoms with E-state index < -0.39 is 12.0 Å². The maximum atomic E-state index is 11.2. The van der Waals surface area contributed by atoms with E-state index >= 15 is 0 Å². The maximum Gasteiger partial charge on any atom is 0.322 e. The van der Waals surface area contributed by atoms with Crippen molar-refractivity contribution in [2.75, 3.05) is 19.6 Å². The summed E-state index contributed by atoms with van der Waals surface area (Å²) in [4.78, 5) is 13.1. The summed E-state index contributed by atoms with van der Waals surface area (Å²) < 4.78 is 0. The molecule has 2 N–H and O–H groups in total. The molecule has 0 spiro atoms. The van der Waals surface area contributed by atoms with Gasteiger partial charge in [-0.15, -0.1) is 12.4 Å². The van der Waals surface area contributed by atoms with Crippen molar-refractivity contribution in [3.8, 4) is 6.07 Å². The van der Waals surface area contributed by atoms with Gasteiger partial charge in [0.2, 0.25) is 0 Å². The topological polar surface area (TPSA) is 76.4 Å². The van der Waals surface area contributed by atoms with Gasteiger partial charge in [0.05, 0.1) is 11.6 Å². The highest BCUT2D eigenvalue weighted by Gasteiger charge is 2.28. The summed E-state index contributed by atoms with van der Waals surface area (Å²) in [6, 6.07) is 8.93. The van der Waals surface area contributed by atoms with Crippen LogP contribution in [0.3, 0.4) is 0 Å². The maximum absolute atomic E-state index is 11.2. The van der Waals surface area contributed by atoms with Crippen LogP contribution in [0.25, 0.3) is 0 Å². The van der Waals surface area contributed by atoms with E-state index in [9.17, 15) is 4.79 Å². The van der Waals surface area contributed by atoms with Crippen LogP contribution in [-0.2, 0) is 11.3 Å². The first-order valence-electron chi connectivity index (χ1n) is 5.88. The van der Waals surface area contributed by atoms with E-state index in [0.29, 0.717) is 25.2 Å². The summed E-state index contributed by atoms with van der Waals surface area (Å²) in [5, 5.41) is 21.3. The van der Waals surface area contributed by atoms with Gasteiger partial charge in [-0.25, -0.2) is 0 Å². The van der Waals surface area contributed by atoms with Gasteiger partial charge in [-0.2, -0.15) is 5.26 Å². The van der Waals surface area contributed by atoms with E-state index in [1.54, 1.807) is 6.07 Å². The fourth-order valence-electron chi connectivity index (χ4n) is 2.17. The molecule has 102 valence electrons. The number of nitrogens with one attached hydrogen (secondary N) is 1. The summed E-state index contributed by atoms with van der Waals surface area (Å²) in [5.41, 5.74) is 1.49. The number of aliphatic carboxylic acids is 1. The van der Waals surface area contributed by atoms with Crippen LogP contribution in [0.4, 0.5) is 0 Å². The average Bonchev–Trinajstić information content (AvgIpc) is 2.40. The minimum atomic E-state index is -0.823. The van der Waals surface area contributed by atoms with Crippen LogP contribution >= 0.6 is 12.4 Å². The Bertz CT molecular complexity index is 487. The van der Waals surface area contributed by atoms with Crippen LogP contribution in [0.2, 0.25) is 0 Å². The van der Waals surface area contributed by atoms with Crippen molar-refractivity contribution in [3.63, 3.8) is 0 Å². The van der Waals surface area contributed by atoms with Gasteiger partial charge in [0, 0.05) is 26.2 Å². The number of halogens is 1. The Morgan fingerprint density at radius 2 is 2.26 bits per heavy atom. The number of nitriles is 1. The molecule has 1 aromatic rings. The quantitative estimate of drug-likeness (QED) is 0.859. The second-order valence-corrected chi connectivity index (χ2v) is 4.30. The molecule has 19 heavy (non-hydrogen) atoms. The standard InChI is InChI=1S/C13H15N3O2.ClH/c14-7-10-3-1-2-4-11(10)9-16-6-5-15-8-12(16)13(17)18;/h1-4,12,15H,5-6,8-9H2,(H,17,18);1H. The van der Waals surface area contributed by atoms with Crippen molar-refractivity contribution in [3.05, 3.63) is 35.4 Å². The highest BCUT2D eigenvalue weighted by Crippen LogP contribution is 2.14. The normalized spacial score (nSPS) is 19.2. The molecule has 0 amide bonds. The number of hydrogen-bond acceptors (Lipinski definition) is 4. The molecule has 0 saturated carbocycles. The molecule has 1 unspecified atom stereocenters. The smallest absolute Gasteiger partial charge is 0.322 e. The minimum Gasteiger partial charge on any atom is -0.480 e. The highest BCUT2D eigenvalue weighted by molar-refractivity contribution is 5.85. The molecule has 0 aromatic heterocycles. The number of carboxylic acid groups (broad SMARTS) is 1. The van der Waals surface area contributed by atoms with Crippen molar-refractivity contribution in [2.45, 2.75) is 12.6 Å². The summed E-state index contributed by atoms with van der Waals surface area (Å²) in [5.74, 6) is -0.823. The number of nitrogens with zero attached hydrogens (tertiary/aromatic N) is 2. The number of hydrogen-bond donors (Lipinski definition) is 2. The van der Waals surface area contributed by atoms with Crippen LogP contribution in [0, 0.1) is 11.3 Å². The average molecular weight is 282 g/mol. The SMILES string of the molecule is Cl.N#Cc1ccccc1CN1CCNCC1C(=O)O. The van der Waals surface area contributed by atoms with Gasteiger partial charge in [0.25, 0.3) is 0 Å². The predicted octanol–water partition coefficient (Wildman–Crippen LogP) is 0.838. The molecule has 1 aliphatic heterocycles. The molecule has 1 saturated heterocycles. The molecular formula is C13H16ClN3O2. The number of carboxylic acids is 1. The van der Waals surface area contributed by atoms with E-state index in [-0.39, 0.29) is 12.4 Å². The van der Waals surface area contributed by atoms with Gasteiger partial charge in [-0.05, 0) is 11.6 Å². The summed E-state index contributed by atoms with van der Waals surface area (Å²) in [7, 11) is 0. The van der Waals surface area contributed by atoms with Gasteiger partial charge in [-0.1, -0.05) is 18.2 Å². The number of benzene rings is 1. The first-order valence-corrected chi connectivity index (χ1v) is 5.88. The van der Waals surface area contributed by atoms with Crippen LogP contribution in [-0.4, -0.2) is 41.7 Å². The monoisotopic (exact) mass is 281 g/mol. The Kier molecular flexibility index (Phi) is 5.77. The van der Waals surface area contributed by atoms with Crippen molar-refractivity contribution < 1.29 is 9.90 Å². The van der Waals surface area contributed by atoms with E-state index in [4.69, 9.17) is 10.4 Å². The second kappa shape index (κ2) is 7.10. The van der Waals surface area contributed by atoms with Gasteiger partial charge in [0.15, 0.2) is 0 Å². The fraction of sp³-hybridized carbons (Fsp3) is 0.385. The van der Waals surface area contributed by atoms with E-state index in [1.165, 1.54) is 0 Å². The lowest BCUT2D eigenvalue weighted by atomic mass is 10.1. The number of carbonyl (C=O) groups is 1. The second-order valence-electron chi connectivity index (χ2n) is 4.30. The molecule has 2 rings (SSSR count). The zero-order valence-corrected chi connectivity index (χ0v) is 11.2. The number of rotatable bonds is 3. The van der Waals surface area contributed by atoms with E-state index in [2.05, 4.69) is 11.4 Å². The van der Waals surface area contributed by atoms with Crippen molar-refractivity contribution in [1.82, 2.24) is 10.2 Å². The van der Waals surface area contributed by atoms with E-state index in [1.807, 2.05) is 23.1 Å². The third-order valence-electron chi connectivity index (χ3n) is 3.15. The van der Waals surface area contributed by atoms with Gasteiger partial charge in [-0.3, -0.25) is 9.69 Å². The predicted molar refractivity (Wildman–Crippen MR) is 73.1 cm³/mol. The van der Waals surface area contributed by atoms with Crippen molar-refractivity contribution in [2.24, 2.45) is 0 Å². The van der Waals surface area contributed by atoms with E-state index in [0.717, 1.165) is 12.1 Å². The van der Waals surface area contributed by atoms with Crippen molar-refractivity contribution >= 4 is 18.4 Å². The first-order chi connectivity index (χ1) is 8.72. The van der Waals surface area contributed by atoms with Crippen molar-refractivity contribution in [1.29, 1.82) is 5.26 Å².